The molecule has 5 aliphatic rings. The summed E-state index contributed by atoms with van der Waals surface area (Å²) in [5.74, 6) is 2.10. The Morgan fingerprint density at radius 1 is 1.14 bits per heavy atom. The SMILES string of the molecule is C[C@]12CC[C@H]3[C@@H](CC(=O)[C@@]45O[C@@H]4C=CC[C@]35C)[C@@H]1CCC2=O. The van der Waals surface area contributed by atoms with E-state index >= 15 is 0 Å². The van der Waals surface area contributed by atoms with E-state index in [2.05, 4.69) is 26.0 Å². The van der Waals surface area contributed by atoms with Gasteiger partial charge >= 0.3 is 0 Å². The zero-order valence-corrected chi connectivity index (χ0v) is 13.4. The first-order valence-electron chi connectivity index (χ1n) is 8.84. The van der Waals surface area contributed by atoms with E-state index in [1.54, 1.807) is 0 Å². The van der Waals surface area contributed by atoms with Gasteiger partial charge in [0.05, 0.1) is 0 Å². The highest BCUT2D eigenvalue weighted by molar-refractivity contribution is 5.94. The number of epoxide rings is 1. The molecular formula is C19H24O3. The molecule has 4 fully saturated rings. The second-order valence-electron chi connectivity index (χ2n) is 8.75. The predicted octanol–water partition coefficient (Wildman–Crippen LogP) is 3.07. The third kappa shape index (κ3) is 1.23. The first-order valence-corrected chi connectivity index (χ1v) is 8.84. The fourth-order valence-electron chi connectivity index (χ4n) is 6.86. The van der Waals surface area contributed by atoms with Crippen molar-refractivity contribution in [2.75, 3.05) is 0 Å². The van der Waals surface area contributed by atoms with Gasteiger partial charge < -0.3 is 4.74 Å². The third-order valence-corrected chi connectivity index (χ3v) is 8.16. The van der Waals surface area contributed by atoms with Crippen LogP contribution in [0.3, 0.4) is 0 Å². The molecule has 0 N–H and O–H groups in total. The Labute approximate surface area is 131 Å². The molecule has 0 aromatic carbocycles. The Kier molecular flexibility index (Phi) is 2.29. The number of ether oxygens (including phenoxy) is 1. The molecule has 0 aromatic heterocycles. The molecule has 1 saturated heterocycles. The van der Waals surface area contributed by atoms with Gasteiger partial charge in [0.2, 0.25) is 0 Å². The number of rotatable bonds is 0. The topological polar surface area (TPSA) is 46.7 Å². The number of carbonyl (C=O) groups is 2. The molecular weight excluding hydrogens is 276 g/mol. The highest BCUT2D eigenvalue weighted by atomic mass is 16.6. The number of hydrogen-bond donors (Lipinski definition) is 0. The third-order valence-electron chi connectivity index (χ3n) is 8.16. The predicted molar refractivity (Wildman–Crippen MR) is 81.1 cm³/mol. The monoisotopic (exact) mass is 300 g/mol. The summed E-state index contributed by atoms with van der Waals surface area (Å²) < 4.78 is 5.99. The van der Waals surface area contributed by atoms with Crippen LogP contribution in [0.25, 0.3) is 0 Å². The van der Waals surface area contributed by atoms with Gasteiger partial charge in [-0.25, -0.2) is 0 Å². The van der Waals surface area contributed by atoms with E-state index in [0.717, 1.165) is 32.1 Å². The number of ketones is 2. The normalized spacial score (nSPS) is 58.6. The molecule has 3 saturated carbocycles. The van der Waals surface area contributed by atoms with Gasteiger partial charge in [0, 0.05) is 23.7 Å². The van der Waals surface area contributed by atoms with Crippen LogP contribution in [0.15, 0.2) is 12.2 Å². The molecule has 0 amide bonds. The average Bonchev–Trinajstić information content (AvgIpc) is 3.15. The van der Waals surface area contributed by atoms with Gasteiger partial charge in [0.15, 0.2) is 11.4 Å². The van der Waals surface area contributed by atoms with Crippen LogP contribution in [0.4, 0.5) is 0 Å². The van der Waals surface area contributed by atoms with Crippen LogP contribution >= 0.6 is 0 Å². The average molecular weight is 300 g/mol. The van der Waals surface area contributed by atoms with Gasteiger partial charge in [-0.3, -0.25) is 9.59 Å². The molecule has 4 aliphatic carbocycles. The molecule has 118 valence electrons. The molecule has 0 unspecified atom stereocenters. The van der Waals surface area contributed by atoms with E-state index in [-0.39, 0.29) is 16.9 Å². The fraction of sp³-hybridized carbons (Fsp3) is 0.789. The van der Waals surface area contributed by atoms with Gasteiger partial charge in [-0.1, -0.05) is 26.0 Å². The summed E-state index contributed by atoms with van der Waals surface area (Å²) in [6.45, 7) is 4.45. The van der Waals surface area contributed by atoms with Crippen LogP contribution in [0.1, 0.15) is 52.4 Å². The Balaban J connectivity index is 1.59. The second-order valence-corrected chi connectivity index (χ2v) is 8.75. The maximum atomic E-state index is 13.0. The molecule has 7 atom stereocenters. The Hall–Kier alpha value is -0.960. The smallest absolute Gasteiger partial charge is 0.168 e. The van der Waals surface area contributed by atoms with Crippen molar-refractivity contribution in [2.24, 2.45) is 28.6 Å². The largest absolute Gasteiger partial charge is 0.353 e. The number of allylic oxidation sites excluding steroid dienone is 1. The lowest BCUT2D eigenvalue weighted by molar-refractivity contribution is -0.154. The Morgan fingerprint density at radius 3 is 2.77 bits per heavy atom. The molecule has 0 radical (unpaired) electrons. The van der Waals surface area contributed by atoms with E-state index in [4.69, 9.17) is 4.74 Å². The number of hydrogen-bond acceptors (Lipinski definition) is 3. The molecule has 0 bridgehead atoms. The fourth-order valence-corrected chi connectivity index (χ4v) is 6.86. The minimum absolute atomic E-state index is 0.0261. The zero-order chi connectivity index (χ0) is 15.3. The van der Waals surface area contributed by atoms with Crippen molar-refractivity contribution in [3.63, 3.8) is 0 Å². The summed E-state index contributed by atoms with van der Waals surface area (Å²) in [6, 6.07) is 0. The molecule has 3 nitrogen and oxygen atoms in total. The van der Waals surface area contributed by atoms with Crippen LogP contribution in [0.2, 0.25) is 0 Å². The van der Waals surface area contributed by atoms with E-state index in [0.29, 0.717) is 35.7 Å². The Bertz CT molecular complexity index is 622. The van der Waals surface area contributed by atoms with Gasteiger partial charge in [-0.2, -0.15) is 0 Å². The van der Waals surface area contributed by atoms with Gasteiger partial charge in [-0.05, 0) is 43.4 Å². The van der Waals surface area contributed by atoms with Crippen molar-refractivity contribution in [1.82, 2.24) is 0 Å². The van der Waals surface area contributed by atoms with Crippen molar-refractivity contribution < 1.29 is 14.3 Å². The van der Waals surface area contributed by atoms with Gasteiger partial charge in [0.1, 0.15) is 11.9 Å². The number of fused-ring (bicyclic) bond motifs is 4. The van der Waals surface area contributed by atoms with E-state index in [1.165, 1.54) is 0 Å². The van der Waals surface area contributed by atoms with Crippen molar-refractivity contribution in [3.8, 4) is 0 Å². The molecule has 22 heavy (non-hydrogen) atoms. The van der Waals surface area contributed by atoms with E-state index in [9.17, 15) is 9.59 Å². The molecule has 0 aromatic rings. The van der Waals surface area contributed by atoms with Crippen molar-refractivity contribution in [2.45, 2.75) is 64.1 Å². The van der Waals surface area contributed by atoms with E-state index < -0.39 is 5.60 Å². The van der Waals surface area contributed by atoms with Crippen LogP contribution in [-0.2, 0) is 14.3 Å². The van der Waals surface area contributed by atoms with Crippen molar-refractivity contribution in [1.29, 1.82) is 0 Å². The maximum absolute atomic E-state index is 13.0. The van der Waals surface area contributed by atoms with Crippen LogP contribution < -0.4 is 0 Å². The van der Waals surface area contributed by atoms with E-state index in [1.807, 2.05) is 0 Å². The standard InChI is InChI=1S/C19H24O3/c1-17-9-7-13-11(12(17)5-6-14(17)20)10-15(21)19-16(22-19)4-3-8-18(13,19)2/h3-4,11-13,16H,5-10H2,1-2H3/t11-,12-,13-,16+,17-,18+,19+/m0/s1. The van der Waals surface area contributed by atoms with Crippen LogP contribution in [0.5, 0.6) is 0 Å². The quantitative estimate of drug-likeness (QED) is 0.510. The number of Topliss-reactive ketones (excluding diaryl/α,β-unsaturated/α-hetero) is 2. The summed E-state index contributed by atoms with van der Waals surface area (Å²) in [7, 11) is 0. The summed E-state index contributed by atoms with van der Waals surface area (Å²) in [5.41, 5.74) is -0.727. The van der Waals surface area contributed by atoms with Crippen molar-refractivity contribution >= 4 is 11.6 Å². The number of carbonyl (C=O) groups excluding carboxylic acids is 2. The van der Waals surface area contributed by atoms with Gasteiger partial charge in [-0.15, -0.1) is 0 Å². The molecule has 1 heterocycles. The summed E-state index contributed by atoms with van der Waals surface area (Å²) in [5, 5.41) is 0. The first kappa shape index (κ1) is 13.5. The van der Waals surface area contributed by atoms with Crippen molar-refractivity contribution in [3.05, 3.63) is 12.2 Å². The van der Waals surface area contributed by atoms with Crippen LogP contribution in [-0.4, -0.2) is 23.3 Å². The zero-order valence-electron chi connectivity index (χ0n) is 13.4. The lowest BCUT2D eigenvalue weighted by Gasteiger charge is -2.57. The Morgan fingerprint density at radius 2 is 1.95 bits per heavy atom. The summed E-state index contributed by atoms with van der Waals surface area (Å²) in [4.78, 5) is 25.4. The lowest BCUT2D eigenvalue weighted by Crippen LogP contribution is -2.60. The molecule has 1 spiro atoms. The summed E-state index contributed by atoms with van der Waals surface area (Å²) >= 11 is 0. The first-order chi connectivity index (χ1) is 10.4. The minimum Gasteiger partial charge on any atom is -0.353 e. The van der Waals surface area contributed by atoms with Gasteiger partial charge in [0.25, 0.3) is 0 Å². The highest BCUT2D eigenvalue weighted by Gasteiger charge is 2.77. The van der Waals surface area contributed by atoms with Crippen LogP contribution in [0, 0.1) is 28.6 Å². The maximum Gasteiger partial charge on any atom is 0.168 e. The molecule has 3 heteroatoms. The molecule has 5 rings (SSSR count). The lowest BCUT2D eigenvalue weighted by atomic mass is 9.45. The minimum atomic E-state index is -0.515. The molecule has 1 aliphatic heterocycles. The highest BCUT2D eigenvalue weighted by Crippen LogP contribution is 2.70. The second kappa shape index (κ2) is 3.75. The summed E-state index contributed by atoms with van der Waals surface area (Å²) in [6.07, 6.45) is 9.73.